The summed E-state index contributed by atoms with van der Waals surface area (Å²) >= 11 is 6.03. The molecule has 1 amide bonds. The number of anilines is 1. The molecule has 0 radical (unpaired) electrons. The van der Waals surface area contributed by atoms with Crippen molar-refractivity contribution in [2.24, 2.45) is 0 Å². The minimum atomic E-state index is -2.96. The summed E-state index contributed by atoms with van der Waals surface area (Å²) < 4.78 is 35.7. The molecule has 0 atom stereocenters. The van der Waals surface area contributed by atoms with Gasteiger partial charge in [-0.1, -0.05) is 17.7 Å². The summed E-state index contributed by atoms with van der Waals surface area (Å²) in [5.41, 5.74) is 1.58. The van der Waals surface area contributed by atoms with Gasteiger partial charge in [0.05, 0.1) is 18.5 Å². The molecule has 1 aromatic heterocycles. The van der Waals surface area contributed by atoms with Crippen molar-refractivity contribution in [1.29, 1.82) is 0 Å². The first-order valence-corrected chi connectivity index (χ1v) is 8.60. The maximum absolute atomic E-state index is 12.4. The van der Waals surface area contributed by atoms with E-state index in [9.17, 15) is 13.6 Å². The lowest BCUT2D eigenvalue weighted by molar-refractivity contribution is -0.111. The van der Waals surface area contributed by atoms with Gasteiger partial charge in [0.15, 0.2) is 11.5 Å². The molecule has 29 heavy (non-hydrogen) atoms. The number of alkyl halides is 2. The van der Waals surface area contributed by atoms with Crippen LogP contribution in [-0.2, 0) is 4.79 Å². The third kappa shape index (κ3) is 5.29. The van der Waals surface area contributed by atoms with Gasteiger partial charge in [-0.25, -0.2) is 9.67 Å². The van der Waals surface area contributed by atoms with Crippen LogP contribution in [0.5, 0.6) is 11.5 Å². The number of aromatic nitrogens is 3. The zero-order valence-electron chi connectivity index (χ0n) is 15.1. The smallest absolute Gasteiger partial charge is 0.387 e. The van der Waals surface area contributed by atoms with Crippen LogP contribution in [0, 0.1) is 0 Å². The first kappa shape index (κ1) is 20.3. The Morgan fingerprint density at radius 3 is 2.76 bits per heavy atom. The normalized spacial score (nSPS) is 11.1. The molecule has 3 rings (SSSR count). The molecule has 2 aromatic carbocycles. The molecule has 1 N–H and O–H groups in total. The summed E-state index contributed by atoms with van der Waals surface area (Å²) in [6, 6.07) is 9.28. The third-order valence-corrected chi connectivity index (χ3v) is 3.95. The van der Waals surface area contributed by atoms with Crippen LogP contribution < -0.4 is 14.8 Å². The van der Waals surface area contributed by atoms with E-state index in [2.05, 4.69) is 20.1 Å². The van der Waals surface area contributed by atoms with Crippen LogP contribution in [0.15, 0.2) is 55.1 Å². The standard InChI is InChI=1S/C19H15ClF2N4O3/c1-28-17-8-12(2-6-16(17)29-19(21)22)3-7-18(27)25-14-9-13(20)4-5-15(14)26-11-23-10-24-26/h2-11,19H,1H3,(H,25,27)/b7-3+. The van der Waals surface area contributed by atoms with E-state index in [1.54, 1.807) is 18.2 Å². The predicted molar refractivity (Wildman–Crippen MR) is 104 cm³/mol. The molecule has 0 unspecified atom stereocenters. The van der Waals surface area contributed by atoms with Gasteiger partial charge in [0, 0.05) is 11.1 Å². The highest BCUT2D eigenvalue weighted by molar-refractivity contribution is 6.31. The fourth-order valence-corrected chi connectivity index (χ4v) is 2.64. The van der Waals surface area contributed by atoms with Crippen LogP contribution in [0.4, 0.5) is 14.5 Å². The number of carbonyl (C=O) groups excluding carboxylic acids is 1. The van der Waals surface area contributed by atoms with Crippen molar-refractivity contribution < 1.29 is 23.0 Å². The van der Waals surface area contributed by atoms with E-state index >= 15 is 0 Å². The quantitative estimate of drug-likeness (QED) is 0.580. The molecule has 1 heterocycles. The van der Waals surface area contributed by atoms with Gasteiger partial charge in [-0.15, -0.1) is 0 Å². The molecule has 0 aliphatic rings. The summed E-state index contributed by atoms with van der Waals surface area (Å²) in [5, 5.41) is 7.20. The summed E-state index contributed by atoms with van der Waals surface area (Å²) in [6.07, 6.45) is 5.65. The molecule has 3 aromatic rings. The SMILES string of the molecule is COc1cc(/C=C/C(=O)Nc2cc(Cl)ccc2-n2cncn2)ccc1OC(F)F. The van der Waals surface area contributed by atoms with Crippen molar-refractivity contribution in [2.75, 3.05) is 12.4 Å². The average molecular weight is 421 g/mol. The molecule has 0 aliphatic carbocycles. The summed E-state index contributed by atoms with van der Waals surface area (Å²) in [6.45, 7) is -2.96. The maximum atomic E-state index is 12.4. The zero-order valence-corrected chi connectivity index (χ0v) is 15.8. The van der Waals surface area contributed by atoms with Gasteiger partial charge < -0.3 is 14.8 Å². The second-order valence-electron chi connectivity index (χ2n) is 5.61. The fourth-order valence-electron chi connectivity index (χ4n) is 2.47. The van der Waals surface area contributed by atoms with Crippen molar-refractivity contribution in [2.45, 2.75) is 6.61 Å². The third-order valence-electron chi connectivity index (χ3n) is 3.71. The van der Waals surface area contributed by atoms with Crippen molar-refractivity contribution in [3.63, 3.8) is 0 Å². The van der Waals surface area contributed by atoms with Crippen molar-refractivity contribution in [1.82, 2.24) is 14.8 Å². The van der Waals surface area contributed by atoms with E-state index in [1.807, 2.05) is 0 Å². The van der Waals surface area contributed by atoms with Gasteiger partial charge in [0.2, 0.25) is 5.91 Å². The lowest BCUT2D eigenvalue weighted by Crippen LogP contribution is -2.11. The Hall–Kier alpha value is -3.46. The number of halogens is 3. The van der Waals surface area contributed by atoms with Crippen molar-refractivity contribution in [3.8, 4) is 17.2 Å². The summed E-state index contributed by atoms with van der Waals surface area (Å²) in [7, 11) is 1.33. The number of methoxy groups -OCH3 is 1. The van der Waals surface area contributed by atoms with Gasteiger partial charge in [0.25, 0.3) is 0 Å². The number of amides is 1. The van der Waals surface area contributed by atoms with E-state index < -0.39 is 12.5 Å². The van der Waals surface area contributed by atoms with E-state index in [-0.39, 0.29) is 11.5 Å². The Balaban J connectivity index is 1.76. The van der Waals surface area contributed by atoms with Gasteiger partial charge >= 0.3 is 6.61 Å². The van der Waals surface area contributed by atoms with E-state index in [4.69, 9.17) is 16.3 Å². The van der Waals surface area contributed by atoms with E-state index in [0.29, 0.717) is 22.0 Å². The average Bonchev–Trinajstić information content (AvgIpc) is 3.21. The molecule has 0 fully saturated rings. The summed E-state index contributed by atoms with van der Waals surface area (Å²) in [4.78, 5) is 16.2. The number of hydrogen-bond donors (Lipinski definition) is 1. The topological polar surface area (TPSA) is 78.3 Å². The Morgan fingerprint density at radius 1 is 1.24 bits per heavy atom. The molecule has 0 bridgehead atoms. The monoisotopic (exact) mass is 420 g/mol. The Morgan fingerprint density at radius 2 is 2.07 bits per heavy atom. The Labute approximate surface area is 169 Å². The maximum Gasteiger partial charge on any atom is 0.387 e. The van der Waals surface area contributed by atoms with E-state index in [1.165, 1.54) is 54.8 Å². The second kappa shape index (κ2) is 9.16. The molecule has 7 nitrogen and oxygen atoms in total. The molecule has 0 saturated heterocycles. The first-order valence-electron chi connectivity index (χ1n) is 8.22. The highest BCUT2D eigenvalue weighted by atomic mass is 35.5. The Bertz CT molecular complexity index is 1030. The minimum Gasteiger partial charge on any atom is -0.493 e. The van der Waals surface area contributed by atoms with Gasteiger partial charge in [-0.05, 0) is 42.0 Å². The summed E-state index contributed by atoms with van der Waals surface area (Å²) in [5.74, 6) is -0.405. The molecule has 0 spiro atoms. The first-order chi connectivity index (χ1) is 14.0. The van der Waals surface area contributed by atoms with Crippen LogP contribution in [0.25, 0.3) is 11.8 Å². The van der Waals surface area contributed by atoms with E-state index in [0.717, 1.165) is 0 Å². The van der Waals surface area contributed by atoms with Crippen molar-refractivity contribution >= 4 is 29.3 Å². The fraction of sp³-hybridized carbons (Fsp3) is 0.105. The zero-order chi connectivity index (χ0) is 20.8. The number of hydrogen-bond acceptors (Lipinski definition) is 5. The predicted octanol–water partition coefficient (Wildman–Crippen LogP) is 4.18. The number of benzene rings is 2. The number of nitrogens with zero attached hydrogens (tertiary/aromatic N) is 3. The molecule has 0 aliphatic heterocycles. The van der Waals surface area contributed by atoms with Crippen LogP contribution in [0.1, 0.15) is 5.56 Å². The molecule has 150 valence electrons. The van der Waals surface area contributed by atoms with Crippen LogP contribution in [-0.4, -0.2) is 34.4 Å². The lowest BCUT2D eigenvalue weighted by atomic mass is 10.2. The van der Waals surface area contributed by atoms with Gasteiger partial charge in [-0.3, -0.25) is 4.79 Å². The van der Waals surface area contributed by atoms with Gasteiger partial charge in [-0.2, -0.15) is 13.9 Å². The molecular formula is C19H15ClF2N4O3. The largest absolute Gasteiger partial charge is 0.493 e. The van der Waals surface area contributed by atoms with Crippen LogP contribution in [0.3, 0.4) is 0 Å². The minimum absolute atomic E-state index is 0.0968. The number of nitrogens with one attached hydrogen (secondary N) is 1. The van der Waals surface area contributed by atoms with Crippen molar-refractivity contribution in [3.05, 3.63) is 65.7 Å². The van der Waals surface area contributed by atoms with Crippen LogP contribution in [0.2, 0.25) is 5.02 Å². The highest BCUT2D eigenvalue weighted by Gasteiger charge is 2.11. The highest BCUT2D eigenvalue weighted by Crippen LogP contribution is 2.30. The number of ether oxygens (including phenoxy) is 2. The second-order valence-corrected chi connectivity index (χ2v) is 6.05. The Kier molecular flexibility index (Phi) is 6.40. The molecular weight excluding hydrogens is 406 g/mol. The lowest BCUT2D eigenvalue weighted by Gasteiger charge is -2.11. The molecule has 0 saturated carbocycles. The van der Waals surface area contributed by atoms with Crippen LogP contribution >= 0.6 is 11.6 Å². The molecule has 10 heteroatoms. The number of carbonyl (C=O) groups is 1. The number of rotatable bonds is 7. The van der Waals surface area contributed by atoms with Gasteiger partial charge in [0.1, 0.15) is 12.7 Å².